The molecule has 1 aromatic rings. The summed E-state index contributed by atoms with van der Waals surface area (Å²) in [6.45, 7) is 0. The molecule has 1 rings (SSSR count). The van der Waals surface area contributed by atoms with Crippen LogP contribution in [0.5, 0.6) is 0 Å². The third-order valence-electron chi connectivity index (χ3n) is 1.46. The van der Waals surface area contributed by atoms with Crippen molar-refractivity contribution in [2.24, 2.45) is 0 Å². The van der Waals surface area contributed by atoms with E-state index in [0.29, 0.717) is 0 Å². The zero-order valence-corrected chi connectivity index (χ0v) is 12.0. The molecule has 0 atom stereocenters. The van der Waals surface area contributed by atoms with Crippen LogP contribution in [0.4, 0.5) is 0 Å². The van der Waals surface area contributed by atoms with Gasteiger partial charge in [-0.1, -0.05) is 6.07 Å². The number of carboxylic acids is 2. The molecule has 0 aliphatic rings. The SMILES string of the molecule is O=C(O)c1cccc(C(=O)O)c1Br.[K+]. The quantitative estimate of drug-likeness (QED) is 0.673. The second-order valence-electron chi connectivity index (χ2n) is 2.28. The molecule has 0 aromatic heterocycles. The molecular weight excluding hydrogens is 279 g/mol. The number of halogens is 1. The van der Waals surface area contributed by atoms with Crippen molar-refractivity contribution >= 4 is 27.9 Å². The smallest absolute Gasteiger partial charge is 0.478 e. The van der Waals surface area contributed by atoms with Crippen molar-refractivity contribution in [1.82, 2.24) is 0 Å². The van der Waals surface area contributed by atoms with E-state index in [0.717, 1.165) is 0 Å². The maximum absolute atomic E-state index is 10.6. The van der Waals surface area contributed by atoms with E-state index in [2.05, 4.69) is 15.9 Å². The van der Waals surface area contributed by atoms with Crippen molar-refractivity contribution < 1.29 is 71.2 Å². The fourth-order valence-corrected chi connectivity index (χ4v) is 1.47. The molecule has 0 bridgehead atoms. The summed E-state index contributed by atoms with van der Waals surface area (Å²) >= 11 is 2.92. The molecule has 6 heteroatoms. The third kappa shape index (κ3) is 3.15. The molecule has 0 aliphatic heterocycles. The molecule has 2 N–H and O–H groups in total. The number of rotatable bonds is 2. The van der Waals surface area contributed by atoms with E-state index in [1.807, 2.05) is 0 Å². The van der Waals surface area contributed by atoms with Gasteiger partial charge in [0, 0.05) is 4.47 Å². The van der Waals surface area contributed by atoms with Crippen molar-refractivity contribution in [3.05, 3.63) is 33.8 Å². The van der Waals surface area contributed by atoms with E-state index in [1.54, 1.807) is 0 Å². The second kappa shape index (κ2) is 5.99. The molecule has 0 heterocycles. The number of carbonyl (C=O) groups is 2. The molecule has 68 valence electrons. The van der Waals surface area contributed by atoms with Crippen molar-refractivity contribution in [1.29, 1.82) is 0 Å². The molecule has 0 saturated carbocycles. The Hall–Kier alpha value is 0.276. The van der Waals surface area contributed by atoms with Crippen LogP contribution in [0.25, 0.3) is 0 Å². The van der Waals surface area contributed by atoms with Crippen LogP contribution in [-0.2, 0) is 0 Å². The van der Waals surface area contributed by atoms with Crippen molar-refractivity contribution in [2.45, 2.75) is 0 Å². The predicted molar refractivity (Wildman–Crippen MR) is 48.1 cm³/mol. The minimum atomic E-state index is -1.16. The van der Waals surface area contributed by atoms with Crippen LogP contribution in [0.15, 0.2) is 22.7 Å². The van der Waals surface area contributed by atoms with Gasteiger partial charge in [0.2, 0.25) is 0 Å². The Morgan fingerprint density at radius 1 is 1.07 bits per heavy atom. The van der Waals surface area contributed by atoms with E-state index < -0.39 is 11.9 Å². The van der Waals surface area contributed by atoms with E-state index in [9.17, 15) is 9.59 Å². The van der Waals surface area contributed by atoms with Gasteiger partial charge in [0.1, 0.15) is 0 Å². The molecule has 0 aliphatic carbocycles. The van der Waals surface area contributed by atoms with E-state index >= 15 is 0 Å². The molecule has 0 fully saturated rings. The Morgan fingerprint density at radius 3 is 1.71 bits per heavy atom. The van der Waals surface area contributed by atoms with Crippen LogP contribution in [-0.4, -0.2) is 22.2 Å². The van der Waals surface area contributed by atoms with Gasteiger partial charge in [-0.2, -0.15) is 0 Å². The van der Waals surface area contributed by atoms with Gasteiger partial charge in [0.05, 0.1) is 11.1 Å². The molecular formula is C8H5BrKO4+. The van der Waals surface area contributed by atoms with E-state index in [1.165, 1.54) is 18.2 Å². The maximum Gasteiger partial charge on any atom is 1.00 e. The van der Waals surface area contributed by atoms with Crippen LogP contribution in [0.1, 0.15) is 20.7 Å². The minimum absolute atomic E-state index is 0. The summed E-state index contributed by atoms with van der Waals surface area (Å²) < 4.78 is 0.0926. The van der Waals surface area contributed by atoms with E-state index in [4.69, 9.17) is 10.2 Å². The van der Waals surface area contributed by atoms with Crippen LogP contribution < -0.4 is 51.4 Å². The first kappa shape index (κ1) is 14.3. The first-order valence-corrected chi connectivity index (χ1v) is 4.08. The summed E-state index contributed by atoms with van der Waals surface area (Å²) in [5.41, 5.74) is -0.111. The van der Waals surface area contributed by atoms with Crippen LogP contribution >= 0.6 is 15.9 Å². The summed E-state index contributed by atoms with van der Waals surface area (Å²) in [4.78, 5) is 21.1. The molecule has 0 spiro atoms. The average molecular weight is 284 g/mol. The van der Waals surface area contributed by atoms with Crippen molar-refractivity contribution in [3.63, 3.8) is 0 Å². The number of aromatic carboxylic acids is 2. The Kier molecular flexibility index (Phi) is 6.11. The predicted octanol–water partition coefficient (Wildman–Crippen LogP) is -1.15. The molecule has 0 amide bonds. The molecule has 0 unspecified atom stereocenters. The zero-order valence-electron chi connectivity index (χ0n) is 7.32. The number of benzene rings is 1. The zero-order chi connectivity index (χ0) is 10.0. The van der Waals surface area contributed by atoms with Gasteiger partial charge < -0.3 is 10.2 Å². The number of hydrogen-bond donors (Lipinski definition) is 2. The third-order valence-corrected chi connectivity index (χ3v) is 2.31. The average Bonchev–Trinajstić information content (AvgIpc) is 2.03. The van der Waals surface area contributed by atoms with E-state index in [-0.39, 0.29) is 67.0 Å². The first-order chi connectivity index (χ1) is 6.04. The summed E-state index contributed by atoms with van der Waals surface area (Å²) in [7, 11) is 0. The summed E-state index contributed by atoms with van der Waals surface area (Å²) in [6, 6.07) is 4.05. The molecule has 14 heavy (non-hydrogen) atoms. The maximum atomic E-state index is 10.6. The Morgan fingerprint density at radius 2 is 1.43 bits per heavy atom. The second-order valence-corrected chi connectivity index (χ2v) is 3.07. The first-order valence-electron chi connectivity index (χ1n) is 3.29. The van der Waals surface area contributed by atoms with Gasteiger partial charge in [0.25, 0.3) is 0 Å². The topological polar surface area (TPSA) is 74.6 Å². The van der Waals surface area contributed by atoms with Gasteiger partial charge >= 0.3 is 63.3 Å². The summed E-state index contributed by atoms with van der Waals surface area (Å²) in [5.74, 6) is -2.31. The minimum Gasteiger partial charge on any atom is -0.478 e. The Labute approximate surface area is 131 Å². The largest absolute Gasteiger partial charge is 1.00 e. The van der Waals surface area contributed by atoms with Gasteiger partial charge in [-0.25, -0.2) is 9.59 Å². The van der Waals surface area contributed by atoms with Crippen LogP contribution in [0.3, 0.4) is 0 Å². The number of hydrogen-bond acceptors (Lipinski definition) is 2. The Balaban J connectivity index is 0.00000169. The standard InChI is InChI=1S/C8H5BrO4.K/c9-6-4(7(10)11)2-1-3-5(6)8(12)13;/h1-3H,(H,10,11)(H,12,13);/q;+1. The fraction of sp³-hybridized carbons (Fsp3) is 0. The molecule has 1 aromatic carbocycles. The summed E-state index contributed by atoms with van der Waals surface area (Å²) in [6.07, 6.45) is 0. The monoisotopic (exact) mass is 283 g/mol. The number of carboxylic acid groups (broad SMARTS) is 2. The van der Waals surface area contributed by atoms with Crippen molar-refractivity contribution in [2.75, 3.05) is 0 Å². The van der Waals surface area contributed by atoms with Gasteiger partial charge in [-0.05, 0) is 28.1 Å². The van der Waals surface area contributed by atoms with Crippen LogP contribution in [0.2, 0.25) is 0 Å². The fourth-order valence-electron chi connectivity index (χ4n) is 0.862. The molecule has 0 radical (unpaired) electrons. The molecule has 0 saturated heterocycles. The Bertz CT molecular complexity index is 345. The van der Waals surface area contributed by atoms with Gasteiger partial charge in [-0.3, -0.25) is 0 Å². The van der Waals surface area contributed by atoms with Crippen LogP contribution in [0, 0.1) is 0 Å². The van der Waals surface area contributed by atoms with Gasteiger partial charge in [-0.15, -0.1) is 0 Å². The molecule has 4 nitrogen and oxygen atoms in total. The van der Waals surface area contributed by atoms with Crippen molar-refractivity contribution in [3.8, 4) is 0 Å². The normalized spacial score (nSPS) is 8.93. The summed E-state index contributed by atoms with van der Waals surface area (Å²) in [5, 5.41) is 17.3. The van der Waals surface area contributed by atoms with Gasteiger partial charge in [0.15, 0.2) is 0 Å².